The van der Waals surface area contributed by atoms with Crippen LogP contribution in [0, 0.1) is 0 Å². The van der Waals surface area contributed by atoms with Crippen LogP contribution in [0.25, 0.3) is 0 Å². The van der Waals surface area contributed by atoms with Crippen molar-refractivity contribution in [2.75, 3.05) is 12.4 Å². The predicted octanol–water partition coefficient (Wildman–Crippen LogP) is 3.16. The minimum absolute atomic E-state index is 0.460. The number of aldehydes is 1. The molecule has 0 bridgehead atoms. The van der Waals surface area contributed by atoms with Crippen molar-refractivity contribution >= 4 is 18.0 Å². The van der Waals surface area contributed by atoms with Crippen LogP contribution >= 0.6 is 11.8 Å². The van der Waals surface area contributed by atoms with Gasteiger partial charge in [0.1, 0.15) is 6.29 Å². The minimum Gasteiger partial charge on any atom is -0.378 e. The molecule has 0 saturated carbocycles. The van der Waals surface area contributed by atoms with Crippen LogP contribution in [0.2, 0.25) is 0 Å². The quantitative estimate of drug-likeness (QED) is 0.580. The van der Waals surface area contributed by atoms with Crippen LogP contribution in [0.4, 0.5) is 0 Å². The summed E-state index contributed by atoms with van der Waals surface area (Å²) in [6.45, 7) is 0.927. The highest BCUT2D eigenvalue weighted by atomic mass is 32.2. The first-order valence-electron chi connectivity index (χ1n) is 5.68. The van der Waals surface area contributed by atoms with Gasteiger partial charge in [0.25, 0.3) is 0 Å². The average Bonchev–Trinajstić information content (AvgIpc) is 2.82. The molecule has 1 atom stereocenters. The highest BCUT2D eigenvalue weighted by Gasteiger charge is 2.14. The Bertz CT molecular complexity index is 346. The molecule has 16 heavy (non-hydrogen) atoms. The van der Waals surface area contributed by atoms with Crippen LogP contribution in [0.3, 0.4) is 0 Å². The second kappa shape index (κ2) is 6.06. The summed E-state index contributed by atoms with van der Waals surface area (Å²) in [4.78, 5) is 11.8. The monoisotopic (exact) mass is 236 g/mol. The standard InChI is InChI=1S/C13H16O2S/c14-10-11-3-1-5-13(9-11)16-8-6-12-4-2-7-15-12/h1,3,5,9-10,12H,2,4,6-8H2. The molecule has 0 N–H and O–H groups in total. The largest absolute Gasteiger partial charge is 0.378 e. The molecule has 1 heterocycles. The maximum atomic E-state index is 10.6. The van der Waals surface area contributed by atoms with Crippen LogP contribution in [0.15, 0.2) is 29.2 Å². The second-order valence-electron chi connectivity index (χ2n) is 3.96. The third-order valence-corrected chi connectivity index (χ3v) is 3.75. The molecule has 0 aromatic heterocycles. The molecule has 2 rings (SSSR count). The van der Waals surface area contributed by atoms with E-state index in [2.05, 4.69) is 0 Å². The second-order valence-corrected chi connectivity index (χ2v) is 5.13. The maximum absolute atomic E-state index is 10.6. The Balaban J connectivity index is 1.77. The van der Waals surface area contributed by atoms with Crippen molar-refractivity contribution < 1.29 is 9.53 Å². The number of ether oxygens (including phenoxy) is 1. The Morgan fingerprint density at radius 2 is 2.44 bits per heavy atom. The van der Waals surface area contributed by atoms with Crippen molar-refractivity contribution in [3.63, 3.8) is 0 Å². The van der Waals surface area contributed by atoms with Crippen molar-refractivity contribution in [1.82, 2.24) is 0 Å². The topological polar surface area (TPSA) is 26.3 Å². The lowest BCUT2D eigenvalue weighted by molar-refractivity contribution is 0.109. The van der Waals surface area contributed by atoms with Crippen LogP contribution in [0.1, 0.15) is 29.6 Å². The molecule has 1 aliphatic heterocycles. The predicted molar refractivity (Wildman–Crippen MR) is 66.1 cm³/mol. The Kier molecular flexibility index (Phi) is 4.43. The Hall–Kier alpha value is -0.800. The smallest absolute Gasteiger partial charge is 0.150 e. The van der Waals surface area contributed by atoms with Gasteiger partial charge in [0, 0.05) is 22.8 Å². The third kappa shape index (κ3) is 3.35. The fourth-order valence-corrected chi connectivity index (χ4v) is 2.87. The van der Waals surface area contributed by atoms with Gasteiger partial charge in [-0.15, -0.1) is 11.8 Å². The van der Waals surface area contributed by atoms with Gasteiger partial charge in [-0.3, -0.25) is 4.79 Å². The molecule has 0 radical (unpaired) electrons. The normalized spacial score (nSPS) is 19.9. The molecule has 1 fully saturated rings. The van der Waals surface area contributed by atoms with Crippen molar-refractivity contribution in [1.29, 1.82) is 0 Å². The summed E-state index contributed by atoms with van der Waals surface area (Å²) in [5.74, 6) is 1.06. The van der Waals surface area contributed by atoms with Gasteiger partial charge in [0.05, 0.1) is 6.10 Å². The Labute approximate surface area is 100 Å². The van der Waals surface area contributed by atoms with Crippen molar-refractivity contribution in [2.24, 2.45) is 0 Å². The molecular formula is C13H16O2S. The van der Waals surface area contributed by atoms with Crippen LogP contribution < -0.4 is 0 Å². The van der Waals surface area contributed by atoms with Gasteiger partial charge >= 0.3 is 0 Å². The number of benzene rings is 1. The first-order valence-corrected chi connectivity index (χ1v) is 6.67. The average molecular weight is 236 g/mol. The number of hydrogen-bond donors (Lipinski definition) is 0. The van der Waals surface area contributed by atoms with Gasteiger partial charge in [0.15, 0.2) is 0 Å². The van der Waals surface area contributed by atoms with Crippen LogP contribution in [-0.2, 0) is 4.74 Å². The highest BCUT2D eigenvalue weighted by molar-refractivity contribution is 7.99. The van der Waals surface area contributed by atoms with E-state index < -0.39 is 0 Å². The van der Waals surface area contributed by atoms with E-state index in [0.29, 0.717) is 6.10 Å². The van der Waals surface area contributed by atoms with Gasteiger partial charge in [0.2, 0.25) is 0 Å². The Morgan fingerprint density at radius 1 is 1.50 bits per heavy atom. The van der Waals surface area contributed by atoms with Crippen LogP contribution in [-0.4, -0.2) is 24.7 Å². The van der Waals surface area contributed by atoms with E-state index in [-0.39, 0.29) is 0 Å². The number of carbonyl (C=O) groups excluding carboxylic acids is 1. The molecule has 0 amide bonds. The summed E-state index contributed by atoms with van der Waals surface area (Å²) in [5.41, 5.74) is 0.752. The lowest BCUT2D eigenvalue weighted by atomic mass is 10.2. The van der Waals surface area contributed by atoms with E-state index in [1.807, 2.05) is 24.3 Å². The molecule has 0 spiro atoms. The van der Waals surface area contributed by atoms with Gasteiger partial charge in [-0.25, -0.2) is 0 Å². The summed E-state index contributed by atoms with van der Waals surface area (Å²) < 4.78 is 5.57. The van der Waals surface area contributed by atoms with E-state index in [4.69, 9.17) is 4.74 Å². The molecule has 1 aliphatic rings. The first-order chi connectivity index (χ1) is 7.88. The third-order valence-electron chi connectivity index (χ3n) is 2.73. The zero-order valence-electron chi connectivity index (χ0n) is 9.22. The van der Waals surface area contributed by atoms with E-state index in [1.165, 1.54) is 17.7 Å². The first kappa shape index (κ1) is 11.7. The SMILES string of the molecule is O=Cc1cccc(SCCC2CCCO2)c1. The van der Waals surface area contributed by atoms with Gasteiger partial charge in [-0.1, -0.05) is 12.1 Å². The number of thioether (sulfide) groups is 1. The zero-order valence-corrected chi connectivity index (χ0v) is 10.0. The summed E-state index contributed by atoms with van der Waals surface area (Å²) in [6, 6.07) is 7.75. The van der Waals surface area contributed by atoms with Gasteiger partial charge in [-0.05, 0) is 31.4 Å². The maximum Gasteiger partial charge on any atom is 0.150 e. The number of hydrogen-bond acceptors (Lipinski definition) is 3. The van der Waals surface area contributed by atoms with Crippen molar-refractivity contribution in [3.8, 4) is 0 Å². The highest BCUT2D eigenvalue weighted by Crippen LogP contribution is 2.23. The number of carbonyl (C=O) groups is 1. The molecule has 0 aliphatic carbocycles. The minimum atomic E-state index is 0.460. The van der Waals surface area contributed by atoms with Crippen molar-refractivity contribution in [3.05, 3.63) is 29.8 Å². The molecule has 1 aromatic carbocycles. The number of rotatable bonds is 5. The van der Waals surface area contributed by atoms with Crippen LogP contribution in [0.5, 0.6) is 0 Å². The van der Waals surface area contributed by atoms with Gasteiger partial charge < -0.3 is 4.74 Å². The van der Waals surface area contributed by atoms with E-state index in [9.17, 15) is 4.79 Å². The molecule has 1 aromatic rings. The molecule has 86 valence electrons. The van der Waals surface area contributed by atoms with Gasteiger partial charge in [-0.2, -0.15) is 0 Å². The zero-order chi connectivity index (χ0) is 11.2. The molecular weight excluding hydrogens is 220 g/mol. The lowest BCUT2D eigenvalue weighted by Gasteiger charge is -2.08. The lowest BCUT2D eigenvalue weighted by Crippen LogP contribution is -2.05. The summed E-state index contributed by atoms with van der Waals surface area (Å²) in [6.07, 6.45) is 4.87. The fraction of sp³-hybridized carbons (Fsp3) is 0.462. The van der Waals surface area contributed by atoms with Crippen molar-refractivity contribution in [2.45, 2.75) is 30.3 Å². The summed E-state index contributed by atoms with van der Waals surface area (Å²) in [5, 5.41) is 0. The molecule has 3 heteroatoms. The van der Waals surface area contributed by atoms with E-state index >= 15 is 0 Å². The Morgan fingerprint density at radius 3 is 3.19 bits per heavy atom. The van der Waals surface area contributed by atoms with E-state index in [0.717, 1.165) is 30.6 Å². The molecule has 1 saturated heterocycles. The summed E-state index contributed by atoms with van der Waals surface area (Å²) in [7, 11) is 0. The fourth-order valence-electron chi connectivity index (χ4n) is 1.86. The molecule has 2 nitrogen and oxygen atoms in total. The molecule has 1 unspecified atom stereocenters. The summed E-state index contributed by atoms with van der Waals surface area (Å²) >= 11 is 1.80. The van der Waals surface area contributed by atoms with E-state index in [1.54, 1.807) is 11.8 Å².